The minimum absolute atomic E-state index is 0.189. The van der Waals surface area contributed by atoms with Gasteiger partial charge in [0.1, 0.15) is 11.5 Å². The van der Waals surface area contributed by atoms with Crippen LogP contribution in [-0.4, -0.2) is 54.2 Å². The van der Waals surface area contributed by atoms with Crippen molar-refractivity contribution < 1.29 is 18.8 Å². The monoisotopic (exact) mass is 503 g/mol. The van der Waals surface area contributed by atoms with Crippen LogP contribution in [0.2, 0.25) is 0 Å². The summed E-state index contributed by atoms with van der Waals surface area (Å²) in [6.07, 6.45) is 0. The molecule has 7 nitrogen and oxygen atoms in total. The lowest BCUT2D eigenvalue weighted by atomic mass is 9.99. The van der Waals surface area contributed by atoms with Gasteiger partial charge >= 0.3 is 0 Å². The van der Waals surface area contributed by atoms with E-state index in [2.05, 4.69) is 27.7 Å². The molecule has 0 saturated carbocycles. The van der Waals surface area contributed by atoms with E-state index < -0.39 is 11.2 Å². The van der Waals surface area contributed by atoms with Gasteiger partial charge in [-0.25, -0.2) is 0 Å². The number of benzene rings is 3. The average Bonchev–Trinajstić information content (AvgIpc) is 3.23. The minimum Gasteiger partial charge on any atom is -0.616 e. The molecule has 5 rings (SSSR count). The van der Waals surface area contributed by atoms with E-state index in [0.717, 1.165) is 48.0 Å². The third-order valence-corrected chi connectivity index (χ3v) is 7.76. The molecule has 0 aliphatic carbocycles. The Balaban J connectivity index is 1.48. The Labute approximate surface area is 214 Å². The van der Waals surface area contributed by atoms with E-state index in [1.54, 1.807) is 20.3 Å². The van der Waals surface area contributed by atoms with Crippen LogP contribution in [0, 0.1) is 0 Å². The molecule has 8 heteroatoms. The van der Waals surface area contributed by atoms with Crippen LogP contribution in [0.5, 0.6) is 11.5 Å². The maximum absolute atomic E-state index is 13.2. The highest BCUT2D eigenvalue weighted by Gasteiger charge is 2.30. The molecule has 3 aromatic carbocycles. The highest BCUT2D eigenvalue weighted by Crippen LogP contribution is 2.43. The number of amides is 1. The lowest BCUT2D eigenvalue weighted by Gasteiger charge is -2.28. The van der Waals surface area contributed by atoms with Gasteiger partial charge in [0.25, 0.3) is 5.91 Å². The molecule has 1 saturated heterocycles. The number of rotatable bonds is 7. The molecule has 0 atom stereocenters. The van der Waals surface area contributed by atoms with Crippen molar-refractivity contribution in [2.75, 3.05) is 49.4 Å². The van der Waals surface area contributed by atoms with Gasteiger partial charge in [-0.1, -0.05) is 53.6 Å². The van der Waals surface area contributed by atoms with Gasteiger partial charge in [-0.15, -0.1) is 0 Å². The molecule has 0 radical (unpaired) electrons. The van der Waals surface area contributed by atoms with E-state index in [4.69, 9.17) is 9.47 Å². The summed E-state index contributed by atoms with van der Waals surface area (Å²) in [5.41, 5.74) is 5.67. The maximum Gasteiger partial charge on any atom is 0.258 e. The minimum atomic E-state index is -0.676. The molecule has 1 amide bonds. The number of carbonyl (C=O) groups is 1. The molecular weight excluding hydrogens is 474 g/mol. The Morgan fingerprint density at radius 2 is 1.67 bits per heavy atom. The number of hydrogen-bond acceptors (Lipinski definition) is 6. The summed E-state index contributed by atoms with van der Waals surface area (Å²) < 4.78 is 22.6. The van der Waals surface area contributed by atoms with Crippen LogP contribution < -0.4 is 20.1 Å². The number of nitrogens with zero attached hydrogens (tertiary/aromatic N) is 1. The fourth-order valence-corrected chi connectivity index (χ4v) is 5.69. The zero-order valence-electron chi connectivity index (χ0n) is 20.4. The molecule has 2 N–H and O–H groups in total. The van der Waals surface area contributed by atoms with Crippen molar-refractivity contribution in [2.24, 2.45) is 0 Å². The van der Waals surface area contributed by atoms with Crippen LogP contribution in [0.15, 0.2) is 66.7 Å². The molecule has 36 heavy (non-hydrogen) atoms. The third kappa shape index (κ3) is 5.06. The van der Waals surface area contributed by atoms with Crippen LogP contribution in [0.1, 0.15) is 16.7 Å². The van der Waals surface area contributed by atoms with Crippen molar-refractivity contribution >= 4 is 39.7 Å². The lowest BCUT2D eigenvalue weighted by Crippen LogP contribution is -2.39. The van der Waals surface area contributed by atoms with Gasteiger partial charge in [-0.2, -0.15) is 0 Å². The van der Waals surface area contributed by atoms with Gasteiger partial charge in [0, 0.05) is 37.0 Å². The Bertz CT molecular complexity index is 1270. The van der Waals surface area contributed by atoms with Gasteiger partial charge in [0.15, 0.2) is 11.5 Å². The molecule has 2 heterocycles. The first-order chi connectivity index (χ1) is 17.6. The van der Waals surface area contributed by atoms with Crippen molar-refractivity contribution in [3.8, 4) is 11.5 Å². The molecule has 0 unspecified atom stereocenters. The highest BCUT2D eigenvalue weighted by atomic mass is 32.2. The van der Waals surface area contributed by atoms with Gasteiger partial charge in [0.05, 0.1) is 31.2 Å². The summed E-state index contributed by atoms with van der Waals surface area (Å²) in [7, 11) is 3.16. The van der Waals surface area contributed by atoms with Crippen molar-refractivity contribution in [1.82, 2.24) is 4.90 Å². The van der Waals surface area contributed by atoms with E-state index in [0.29, 0.717) is 28.5 Å². The smallest absolute Gasteiger partial charge is 0.258 e. The predicted octanol–water partition coefficient (Wildman–Crippen LogP) is 4.20. The Kier molecular flexibility index (Phi) is 7.18. The molecule has 2 aliphatic rings. The molecule has 0 spiro atoms. The number of hydrogen-bond donors (Lipinski definition) is 2. The van der Waals surface area contributed by atoms with E-state index >= 15 is 0 Å². The van der Waals surface area contributed by atoms with Crippen LogP contribution >= 0.6 is 0 Å². The van der Waals surface area contributed by atoms with Crippen molar-refractivity contribution in [3.63, 3.8) is 0 Å². The zero-order chi connectivity index (χ0) is 25.1. The molecule has 186 valence electrons. The van der Waals surface area contributed by atoms with Crippen LogP contribution in [0.25, 0.3) is 11.3 Å². The fraction of sp³-hybridized carbons (Fsp3) is 0.250. The second-order valence-corrected chi connectivity index (χ2v) is 10.5. The average molecular weight is 504 g/mol. The second-order valence-electron chi connectivity index (χ2n) is 8.77. The van der Waals surface area contributed by atoms with Gasteiger partial charge in [-0.3, -0.25) is 9.69 Å². The number of nitrogens with one attached hydrogen (secondary N) is 2. The first-order valence-corrected chi connectivity index (χ1v) is 13.3. The SMILES string of the molecule is COc1cc2c(cc1OC)/C(=C(/Nc1ccc(CN3CC[S+]([O-])CC3)cc1)c1ccccc1)C(=O)N2. The summed E-state index contributed by atoms with van der Waals surface area (Å²) in [6, 6.07) is 21.7. The number of carbonyl (C=O) groups excluding carboxylic acids is 1. The number of ether oxygens (including phenoxy) is 2. The Morgan fingerprint density at radius 1 is 1.00 bits per heavy atom. The number of methoxy groups -OCH3 is 2. The van der Waals surface area contributed by atoms with Gasteiger partial charge < -0.3 is 24.7 Å². The largest absolute Gasteiger partial charge is 0.616 e. The van der Waals surface area contributed by atoms with E-state index in [1.807, 2.05) is 48.5 Å². The van der Waals surface area contributed by atoms with Gasteiger partial charge in [0.2, 0.25) is 0 Å². The van der Waals surface area contributed by atoms with Crippen LogP contribution in [0.4, 0.5) is 11.4 Å². The molecular formula is C28H29N3O4S. The summed E-state index contributed by atoms with van der Waals surface area (Å²) in [5, 5.41) is 6.47. The van der Waals surface area contributed by atoms with Crippen LogP contribution in [0.3, 0.4) is 0 Å². The third-order valence-electron chi connectivity index (χ3n) is 6.48. The molecule has 0 aromatic heterocycles. The summed E-state index contributed by atoms with van der Waals surface area (Å²) in [5.74, 6) is 2.42. The molecule has 3 aromatic rings. The predicted molar refractivity (Wildman–Crippen MR) is 145 cm³/mol. The molecule has 2 aliphatic heterocycles. The maximum atomic E-state index is 13.2. The summed E-state index contributed by atoms with van der Waals surface area (Å²) in [6.45, 7) is 2.56. The highest BCUT2D eigenvalue weighted by molar-refractivity contribution is 7.91. The van der Waals surface area contributed by atoms with E-state index in [-0.39, 0.29) is 5.91 Å². The molecule has 0 bridgehead atoms. The zero-order valence-corrected chi connectivity index (χ0v) is 21.2. The van der Waals surface area contributed by atoms with E-state index in [9.17, 15) is 9.35 Å². The first kappa shape index (κ1) is 24.2. The molecule has 1 fully saturated rings. The summed E-state index contributed by atoms with van der Waals surface area (Å²) >= 11 is -0.676. The van der Waals surface area contributed by atoms with Crippen LogP contribution in [-0.2, 0) is 22.5 Å². The van der Waals surface area contributed by atoms with Crippen molar-refractivity contribution in [2.45, 2.75) is 6.54 Å². The number of anilines is 2. The number of fused-ring (bicyclic) bond motifs is 1. The lowest BCUT2D eigenvalue weighted by molar-refractivity contribution is -0.110. The summed E-state index contributed by atoms with van der Waals surface area (Å²) in [4.78, 5) is 15.6. The normalized spacial score (nSPS) is 17.4. The Hall–Kier alpha value is -3.46. The Morgan fingerprint density at radius 3 is 2.33 bits per heavy atom. The van der Waals surface area contributed by atoms with Gasteiger partial charge in [-0.05, 0) is 29.3 Å². The van der Waals surface area contributed by atoms with Crippen molar-refractivity contribution in [1.29, 1.82) is 0 Å². The first-order valence-electron chi connectivity index (χ1n) is 11.9. The topological polar surface area (TPSA) is 85.9 Å². The second kappa shape index (κ2) is 10.7. The van der Waals surface area contributed by atoms with Crippen molar-refractivity contribution in [3.05, 3.63) is 83.4 Å². The standard InChI is InChI=1S/C28H29N3O4S/c1-34-24-16-22-23(17-25(24)35-2)30-28(32)26(22)27(20-6-4-3-5-7-20)29-21-10-8-19(9-11-21)18-31-12-14-36(33)15-13-31/h3-11,16-17,29H,12-15,18H2,1-2H3,(H,30,32)/b27-26-. The van der Waals surface area contributed by atoms with E-state index in [1.165, 1.54) is 5.56 Å². The fourth-order valence-electron chi connectivity index (χ4n) is 4.56. The quantitative estimate of drug-likeness (QED) is 0.371.